The summed E-state index contributed by atoms with van der Waals surface area (Å²) in [4.78, 5) is 31.1. The molecule has 4 rings (SSSR count). The van der Waals surface area contributed by atoms with Crippen LogP contribution in [-0.4, -0.2) is 22.8 Å². The van der Waals surface area contributed by atoms with Gasteiger partial charge in [0.25, 0.3) is 0 Å². The molecule has 5 heteroatoms. The van der Waals surface area contributed by atoms with Gasteiger partial charge in [-0.25, -0.2) is 4.79 Å². The lowest BCUT2D eigenvalue weighted by molar-refractivity contribution is -0.144. The second kappa shape index (κ2) is 8.88. The summed E-state index contributed by atoms with van der Waals surface area (Å²) in [7, 11) is 0. The molecule has 0 spiro atoms. The van der Waals surface area contributed by atoms with Crippen LogP contribution in [0.5, 0.6) is 0 Å². The first kappa shape index (κ1) is 21.0. The van der Waals surface area contributed by atoms with E-state index in [9.17, 15) is 9.59 Å². The molecule has 0 saturated carbocycles. The summed E-state index contributed by atoms with van der Waals surface area (Å²) in [6.07, 6.45) is 3.37. The van der Waals surface area contributed by atoms with Crippen molar-refractivity contribution in [1.82, 2.24) is 10.3 Å². The molecule has 0 radical (unpaired) electrons. The molecule has 1 aliphatic heterocycles. The molecule has 31 heavy (non-hydrogen) atoms. The number of carbonyl (C=O) groups excluding carboxylic acids is 2. The minimum atomic E-state index is -0.516. The number of nitrogens with zero attached hydrogens (tertiary/aromatic N) is 1. The van der Waals surface area contributed by atoms with Crippen LogP contribution in [0.2, 0.25) is 0 Å². The fourth-order valence-corrected chi connectivity index (χ4v) is 4.44. The lowest BCUT2D eigenvalue weighted by Gasteiger charge is -2.36. The molecule has 0 amide bonds. The third-order valence-electron chi connectivity index (χ3n) is 6.19. The molecule has 1 aromatic heterocycles. The SMILES string of the molecule is CC[C@@H](C)OC(=O)C1=C(C)NC2=C(C(=O)C[C@@H](c3ccccc3)C2)[C@@H]1c1ccccn1. The van der Waals surface area contributed by atoms with Crippen LogP contribution in [0.25, 0.3) is 0 Å². The molecule has 0 saturated heterocycles. The number of dihydropyridines is 1. The van der Waals surface area contributed by atoms with Crippen LogP contribution in [0.3, 0.4) is 0 Å². The fourth-order valence-electron chi connectivity index (χ4n) is 4.44. The van der Waals surface area contributed by atoms with Crippen LogP contribution in [-0.2, 0) is 14.3 Å². The molecule has 2 aliphatic rings. The number of ketones is 1. The van der Waals surface area contributed by atoms with Gasteiger partial charge in [-0.1, -0.05) is 43.3 Å². The molecule has 1 N–H and O–H groups in total. The molecule has 160 valence electrons. The lowest BCUT2D eigenvalue weighted by atomic mass is 9.73. The Labute approximate surface area is 183 Å². The van der Waals surface area contributed by atoms with E-state index in [1.165, 1.54) is 0 Å². The number of nitrogens with one attached hydrogen (secondary N) is 1. The zero-order valence-electron chi connectivity index (χ0n) is 18.2. The average molecular weight is 417 g/mol. The highest BCUT2D eigenvalue weighted by Gasteiger charge is 2.42. The first-order valence-corrected chi connectivity index (χ1v) is 10.9. The molecule has 2 aromatic rings. The predicted molar refractivity (Wildman–Crippen MR) is 119 cm³/mol. The number of hydrogen-bond donors (Lipinski definition) is 1. The van der Waals surface area contributed by atoms with E-state index >= 15 is 0 Å². The summed E-state index contributed by atoms with van der Waals surface area (Å²) in [5, 5.41) is 3.38. The van der Waals surface area contributed by atoms with Crippen LogP contribution in [0.1, 0.15) is 63.1 Å². The number of aromatic nitrogens is 1. The van der Waals surface area contributed by atoms with E-state index in [1.807, 2.05) is 57.2 Å². The van der Waals surface area contributed by atoms with Gasteiger partial charge in [0, 0.05) is 29.6 Å². The highest BCUT2D eigenvalue weighted by atomic mass is 16.5. The Balaban J connectivity index is 1.76. The van der Waals surface area contributed by atoms with Crippen molar-refractivity contribution < 1.29 is 14.3 Å². The summed E-state index contributed by atoms with van der Waals surface area (Å²) >= 11 is 0. The molecule has 2 heterocycles. The van der Waals surface area contributed by atoms with Crippen molar-refractivity contribution >= 4 is 11.8 Å². The van der Waals surface area contributed by atoms with Gasteiger partial charge < -0.3 is 10.1 Å². The number of rotatable bonds is 5. The Kier molecular flexibility index (Phi) is 6.03. The van der Waals surface area contributed by atoms with E-state index in [0.29, 0.717) is 23.3 Å². The van der Waals surface area contributed by atoms with Gasteiger partial charge in [0.05, 0.1) is 23.3 Å². The largest absolute Gasteiger partial charge is 0.459 e. The van der Waals surface area contributed by atoms with Crippen LogP contribution in [0.4, 0.5) is 0 Å². The van der Waals surface area contributed by atoms with E-state index in [2.05, 4.69) is 22.4 Å². The first-order valence-electron chi connectivity index (χ1n) is 10.9. The summed E-state index contributed by atoms with van der Waals surface area (Å²) in [5.74, 6) is -0.733. The maximum atomic E-state index is 13.4. The minimum absolute atomic E-state index is 0.0552. The van der Waals surface area contributed by atoms with Crippen molar-refractivity contribution in [2.45, 2.75) is 58.0 Å². The maximum Gasteiger partial charge on any atom is 0.337 e. The smallest absolute Gasteiger partial charge is 0.337 e. The van der Waals surface area contributed by atoms with Crippen molar-refractivity contribution in [3.63, 3.8) is 0 Å². The number of allylic oxidation sites excluding steroid dienone is 3. The van der Waals surface area contributed by atoms with Gasteiger partial charge in [0.1, 0.15) is 0 Å². The maximum absolute atomic E-state index is 13.4. The molecule has 0 bridgehead atoms. The van der Waals surface area contributed by atoms with Crippen molar-refractivity contribution in [2.24, 2.45) is 0 Å². The lowest BCUT2D eigenvalue weighted by Crippen LogP contribution is -2.36. The van der Waals surface area contributed by atoms with Gasteiger partial charge in [0.2, 0.25) is 0 Å². The molecule has 0 unspecified atom stereocenters. The van der Waals surface area contributed by atoms with Gasteiger partial charge in [0.15, 0.2) is 5.78 Å². The Morgan fingerprint density at radius 2 is 1.90 bits per heavy atom. The summed E-state index contributed by atoms with van der Waals surface area (Å²) in [5.41, 5.74) is 4.58. The standard InChI is InChI=1S/C26H28N2O3/c1-4-16(2)31-26(30)23-17(3)28-21-14-19(18-10-6-5-7-11-18)15-22(29)24(21)25(23)20-12-8-9-13-27-20/h5-13,16,19,25,28H,4,14-15H2,1-3H3/t16-,19+,25-/m1/s1. The Morgan fingerprint density at radius 1 is 1.16 bits per heavy atom. The first-order chi connectivity index (χ1) is 15.0. The number of carbonyl (C=O) groups is 2. The number of ether oxygens (including phenoxy) is 1. The summed E-state index contributed by atoms with van der Waals surface area (Å²) in [6.45, 7) is 5.73. The molecule has 1 aliphatic carbocycles. The Morgan fingerprint density at radius 3 is 2.58 bits per heavy atom. The number of hydrogen-bond acceptors (Lipinski definition) is 5. The van der Waals surface area contributed by atoms with E-state index in [4.69, 9.17) is 4.74 Å². The molecule has 5 nitrogen and oxygen atoms in total. The quantitative estimate of drug-likeness (QED) is 0.710. The monoisotopic (exact) mass is 416 g/mol. The van der Waals surface area contributed by atoms with Crippen molar-refractivity contribution in [3.8, 4) is 0 Å². The van der Waals surface area contributed by atoms with Crippen molar-refractivity contribution in [2.75, 3.05) is 0 Å². The zero-order valence-corrected chi connectivity index (χ0v) is 18.2. The van der Waals surface area contributed by atoms with Gasteiger partial charge in [-0.05, 0) is 50.3 Å². The van der Waals surface area contributed by atoms with Gasteiger partial charge in [-0.2, -0.15) is 0 Å². The summed E-state index contributed by atoms with van der Waals surface area (Å²) < 4.78 is 5.67. The third-order valence-corrected chi connectivity index (χ3v) is 6.19. The zero-order chi connectivity index (χ0) is 22.0. The topological polar surface area (TPSA) is 68.3 Å². The molecule has 1 aromatic carbocycles. The normalized spacial score (nSPS) is 22.0. The highest BCUT2D eigenvalue weighted by molar-refractivity contribution is 6.04. The summed E-state index contributed by atoms with van der Waals surface area (Å²) in [6, 6.07) is 15.7. The van der Waals surface area contributed by atoms with E-state index < -0.39 is 5.92 Å². The van der Waals surface area contributed by atoms with Crippen LogP contribution >= 0.6 is 0 Å². The van der Waals surface area contributed by atoms with Gasteiger partial charge >= 0.3 is 5.97 Å². The van der Waals surface area contributed by atoms with Gasteiger partial charge in [-0.15, -0.1) is 0 Å². The predicted octanol–water partition coefficient (Wildman–Crippen LogP) is 4.78. The second-order valence-electron chi connectivity index (χ2n) is 8.31. The number of pyridine rings is 1. The highest BCUT2D eigenvalue weighted by Crippen LogP contribution is 2.45. The molecular weight excluding hydrogens is 388 g/mol. The molecule has 0 fully saturated rings. The van der Waals surface area contributed by atoms with E-state index in [-0.39, 0.29) is 23.8 Å². The van der Waals surface area contributed by atoms with E-state index in [0.717, 1.165) is 29.8 Å². The Bertz CT molecular complexity index is 1040. The number of esters is 1. The molecular formula is C26H28N2O3. The number of Topliss-reactive ketones (excluding diaryl/α,β-unsaturated/α-hetero) is 1. The average Bonchev–Trinajstić information content (AvgIpc) is 2.79. The Hall–Kier alpha value is -3.21. The van der Waals surface area contributed by atoms with Gasteiger partial charge in [-0.3, -0.25) is 9.78 Å². The van der Waals surface area contributed by atoms with Crippen molar-refractivity contribution in [1.29, 1.82) is 0 Å². The second-order valence-corrected chi connectivity index (χ2v) is 8.31. The van der Waals surface area contributed by atoms with E-state index in [1.54, 1.807) is 6.20 Å². The molecule has 3 atom stereocenters. The number of benzene rings is 1. The fraction of sp³-hybridized carbons (Fsp3) is 0.346. The van der Waals surface area contributed by atoms with Crippen LogP contribution < -0.4 is 5.32 Å². The van der Waals surface area contributed by atoms with Crippen molar-refractivity contribution in [3.05, 3.63) is 88.5 Å². The third kappa shape index (κ3) is 4.18. The minimum Gasteiger partial charge on any atom is -0.459 e. The van der Waals surface area contributed by atoms with Crippen LogP contribution in [0.15, 0.2) is 77.3 Å². The van der Waals surface area contributed by atoms with Crippen LogP contribution in [0, 0.1) is 0 Å².